The summed E-state index contributed by atoms with van der Waals surface area (Å²) in [6, 6.07) is 27.8. The van der Waals surface area contributed by atoms with E-state index in [2.05, 4.69) is 38.7 Å². The molecule has 0 spiro atoms. The molecule has 122 valence electrons. The van der Waals surface area contributed by atoms with Crippen molar-refractivity contribution in [1.82, 2.24) is 9.97 Å². The second-order valence-corrected chi connectivity index (χ2v) is 5.19. The first kappa shape index (κ1) is 16.4. The normalized spacial score (nSPS) is 9.60. The molecule has 5 aromatic rings. The van der Waals surface area contributed by atoms with Crippen molar-refractivity contribution in [1.29, 1.82) is 0 Å². The van der Waals surface area contributed by atoms with Crippen molar-refractivity contribution in [3.8, 4) is 0 Å². The molecule has 0 fully saturated rings. The van der Waals surface area contributed by atoms with Gasteiger partial charge in [0.15, 0.2) is 0 Å². The average molecular weight is 326 g/mol. The molecular formula is C22H18N2O. The number of rotatable bonds is 0. The molecule has 0 amide bonds. The summed E-state index contributed by atoms with van der Waals surface area (Å²) in [4.78, 5) is 8.36. The third-order valence-electron chi connectivity index (χ3n) is 3.45. The molecule has 0 bridgehead atoms. The van der Waals surface area contributed by atoms with Crippen molar-refractivity contribution in [3.63, 3.8) is 0 Å². The number of fused-ring (bicyclic) bond motifs is 2. The maximum Gasteiger partial charge on any atom is 0.0902 e. The lowest BCUT2D eigenvalue weighted by atomic mass is 10.2. The number of aromatic nitrogens is 2. The minimum atomic E-state index is 1.06. The summed E-state index contributed by atoms with van der Waals surface area (Å²) < 4.78 is 4.58. The van der Waals surface area contributed by atoms with Crippen LogP contribution in [0.5, 0.6) is 0 Å². The molecule has 0 saturated heterocycles. The van der Waals surface area contributed by atoms with Crippen LogP contribution in [0.4, 0.5) is 0 Å². The fourth-order valence-corrected chi connectivity index (χ4v) is 2.26. The molecule has 0 aliphatic heterocycles. The van der Waals surface area contributed by atoms with Gasteiger partial charge in [-0.2, -0.15) is 0 Å². The number of para-hydroxylation sites is 2. The second kappa shape index (κ2) is 8.99. The highest BCUT2D eigenvalue weighted by Gasteiger charge is 1.87. The Morgan fingerprint density at radius 1 is 0.480 bits per heavy atom. The quantitative estimate of drug-likeness (QED) is 0.364. The molecule has 3 nitrogen and oxygen atoms in total. The van der Waals surface area contributed by atoms with Crippen LogP contribution in [-0.2, 0) is 0 Å². The molecule has 3 heteroatoms. The van der Waals surface area contributed by atoms with Crippen molar-refractivity contribution in [2.75, 3.05) is 0 Å². The molecule has 0 radical (unpaired) electrons. The van der Waals surface area contributed by atoms with Crippen LogP contribution in [0.15, 0.2) is 114 Å². The monoisotopic (exact) mass is 326 g/mol. The summed E-state index contributed by atoms with van der Waals surface area (Å²) in [5.74, 6) is 0. The molecule has 3 heterocycles. The summed E-state index contributed by atoms with van der Waals surface area (Å²) in [6.45, 7) is 0. The van der Waals surface area contributed by atoms with Gasteiger partial charge in [-0.05, 0) is 36.4 Å². The van der Waals surface area contributed by atoms with Gasteiger partial charge in [-0.3, -0.25) is 9.97 Å². The Bertz CT molecular complexity index is 791. The van der Waals surface area contributed by atoms with Gasteiger partial charge in [0, 0.05) is 23.2 Å². The molecule has 0 N–H and O–H groups in total. The van der Waals surface area contributed by atoms with E-state index in [-0.39, 0.29) is 0 Å². The molecule has 0 unspecified atom stereocenters. The first-order valence-electron chi connectivity index (χ1n) is 8.00. The van der Waals surface area contributed by atoms with Crippen molar-refractivity contribution in [2.45, 2.75) is 0 Å². The molecular weight excluding hydrogens is 308 g/mol. The van der Waals surface area contributed by atoms with Gasteiger partial charge < -0.3 is 4.42 Å². The zero-order valence-electron chi connectivity index (χ0n) is 13.7. The predicted octanol–water partition coefficient (Wildman–Crippen LogP) is 5.75. The third kappa shape index (κ3) is 5.01. The SMILES string of the molecule is c1ccc2ncccc2c1.c1ccc2ncccc2c1.c1ccoc1. The topological polar surface area (TPSA) is 38.9 Å². The van der Waals surface area contributed by atoms with Crippen LogP contribution < -0.4 is 0 Å². The summed E-state index contributed by atoms with van der Waals surface area (Å²) in [5.41, 5.74) is 2.12. The Labute approximate surface area is 146 Å². The van der Waals surface area contributed by atoms with E-state index in [1.54, 1.807) is 12.5 Å². The number of benzene rings is 2. The van der Waals surface area contributed by atoms with Gasteiger partial charge in [-0.1, -0.05) is 48.5 Å². The van der Waals surface area contributed by atoms with Crippen molar-refractivity contribution >= 4 is 21.8 Å². The van der Waals surface area contributed by atoms with Gasteiger partial charge in [0.1, 0.15) is 0 Å². The maximum absolute atomic E-state index is 4.58. The van der Waals surface area contributed by atoms with Gasteiger partial charge in [0.05, 0.1) is 23.6 Å². The van der Waals surface area contributed by atoms with Crippen molar-refractivity contribution in [2.24, 2.45) is 0 Å². The standard InChI is InChI=1S/2C9H7N.C4H4O/c2*1-2-6-9-8(4-1)5-3-7-10-9;1-2-4-5-3-1/h2*1-7H;1-4H. The van der Waals surface area contributed by atoms with Crippen LogP contribution in [-0.4, -0.2) is 9.97 Å². The lowest BCUT2D eigenvalue weighted by Gasteiger charge is -1.91. The first-order valence-corrected chi connectivity index (χ1v) is 8.00. The van der Waals surface area contributed by atoms with Crippen LogP contribution in [0.2, 0.25) is 0 Å². The van der Waals surface area contributed by atoms with Crippen LogP contribution >= 0.6 is 0 Å². The van der Waals surface area contributed by atoms with E-state index < -0.39 is 0 Å². The summed E-state index contributed by atoms with van der Waals surface area (Å²) >= 11 is 0. The Morgan fingerprint density at radius 2 is 0.920 bits per heavy atom. The van der Waals surface area contributed by atoms with E-state index in [1.165, 1.54) is 10.8 Å². The van der Waals surface area contributed by atoms with Crippen molar-refractivity contribution in [3.05, 3.63) is 110 Å². The zero-order valence-corrected chi connectivity index (χ0v) is 13.7. The van der Waals surface area contributed by atoms with Gasteiger partial charge in [0.25, 0.3) is 0 Å². The highest BCUT2D eigenvalue weighted by atomic mass is 16.3. The summed E-state index contributed by atoms with van der Waals surface area (Å²) in [7, 11) is 0. The molecule has 2 aromatic carbocycles. The summed E-state index contributed by atoms with van der Waals surface area (Å²) in [5, 5.41) is 2.40. The molecule has 5 rings (SSSR count). The average Bonchev–Trinajstić information content (AvgIpc) is 3.29. The van der Waals surface area contributed by atoms with Crippen LogP contribution in [0.25, 0.3) is 21.8 Å². The van der Waals surface area contributed by atoms with Crippen LogP contribution in [0.3, 0.4) is 0 Å². The lowest BCUT2D eigenvalue weighted by Crippen LogP contribution is -1.73. The lowest BCUT2D eigenvalue weighted by molar-refractivity contribution is 0.567. The van der Waals surface area contributed by atoms with E-state index in [1.807, 2.05) is 73.1 Å². The van der Waals surface area contributed by atoms with Gasteiger partial charge in [-0.25, -0.2) is 0 Å². The fourth-order valence-electron chi connectivity index (χ4n) is 2.26. The molecule has 0 aliphatic carbocycles. The predicted molar refractivity (Wildman–Crippen MR) is 102 cm³/mol. The Morgan fingerprint density at radius 3 is 1.32 bits per heavy atom. The molecule has 0 aliphatic rings. The van der Waals surface area contributed by atoms with Gasteiger partial charge in [0.2, 0.25) is 0 Å². The Balaban J connectivity index is 0.000000116. The third-order valence-corrected chi connectivity index (χ3v) is 3.45. The minimum Gasteiger partial charge on any atom is -0.473 e. The second-order valence-electron chi connectivity index (χ2n) is 5.19. The number of hydrogen-bond acceptors (Lipinski definition) is 3. The Hall–Kier alpha value is -3.46. The van der Waals surface area contributed by atoms with Gasteiger partial charge >= 0.3 is 0 Å². The number of hydrogen-bond donors (Lipinski definition) is 0. The largest absolute Gasteiger partial charge is 0.473 e. The van der Waals surface area contributed by atoms with Gasteiger partial charge in [-0.15, -0.1) is 0 Å². The van der Waals surface area contributed by atoms with Crippen LogP contribution in [0, 0.1) is 0 Å². The van der Waals surface area contributed by atoms with E-state index in [0.29, 0.717) is 0 Å². The number of pyridine rings is 2. The molecule has 0 atom stereocenters. The van der Waals surface area contributed by atoms with E-state index in [9.17, 15) is 0 Å². The van der Waals surface area contributed by atoms with E-state index >= 15 is 0 Å². The maximum atomic E-state index is 4.58. The number of nitrogens with zero attached hydrogens (tertiary/aromatic N) is 2. The minimum absolute atomic E-state index is 1.06. The highest BCUT2D eigenvalue weighted by Crippen LogP contribution is 2.08. The molecule has 25 heavy (non-hydrogen) atoms. The number of furan rings is 1. The first-order chi connectivity index (χ1) is 12.4. The molecule has 3 aromatic heterocycles. The van der Waals surface area contributed by atoms with Crippen LogP contribution in [0.1, 0.15) is 0 Å². The zero-order chi connectivity index (χ0) is 17.2. The Kier molecular flexibility index (Phi) is 5.90. The molecule has 0 saturated carbocycles. The summed E-state index contributed by atoms with van der Waals surface area (Å²) in [6.07, 6.45) is 6.87. The van der Waals surface area contributed by atoms with E-state index in [0.717, 1.165) is 11.0 Å². The van der Waals surface area contributed by atoms with E-state index in [4.69, 9.17) is 0 Å². The smallest absolute Gasteiger partial charge is 0.0902 e. The van der Waals surface area contributed by atoms with Crippen molar-refractivity contribution < 1.29 is 4.42 Å². The highest BCUT2D eigenvalue weighted by molar-refractivity contribution is 5.78. The fraction of sp³-hybridized carbons (Fsp3) is 0.